The highest BCUT2D eigenvalue weighted by molar-refractivity contribution is 5.41. The molecule has 2 atom stereocenters. The second kappa shape index (κ2) is 5.98. The Labute approximate surface area is 102 Å². The smallest absolute Gasteiger partial charge is 0.128 e. The summed E-state index contributed by atoms with van der Waals surface area (Å²) in [6.07, 6.45) is 1.12. The van der Waals surface area contributed by atoms with Gasteiger partial charge in [0.1, 0.15) is 5.75 Å². The first-order valence-corrected chi connectivity index (χ1v) is 5.86. The van der Waals surface area contributed by atoms with Gasteiger partial charge < -0.3 is 14.9 Å². The number of nitrogens with zero attached hydrogens (tertiary/aromatic N) is 1. The van der Waals surface area contributed by atoms with Gasteiger partial charge in [0.05, 0.1) is 19.3 Å². The van der Waals surface area contributed by atoms with Crippen LogP contribution in [-0.4, -0.2) is 34.5 Å². The molecule has 0 aliphatic rings. The third-order valence-corrected chi connectivity index (χ3v) is 3.01. The van der Waals surface area contributed by atoms with E-state index in [1.54, 1.807) is 13.3 Å². The van der Waals surface area contributed by atoms with Crippen molar-refractivity contribution in [2.45, 2.75) is 45.8 Å². The number of pyridine rings is 1. The van der Waals surface area contributed by atoms with E-state index in [2.05, 4.69) is 4.98 Å². The van der Waals surface area contributed by atoms with Crippen LogP contribution in [0.5, 0.6) is 5.75 Å². The summed E-state index contributed by atoms with van der Waals surface area (Å²) in [7, 11) is 1.62. The zero-order valence-electron chi connectivity index (χ0n) is 10.9. The quantitative estimate of drug-likeness (QED) is 0.815. The fourth-order valence-electron chi connectivity index (χ4n) is 1.88. The molecular weight excluding hydrogens is 218 g/mol. The third-order valence-electron chi connectivity index (χ3n) is 3.01. The van der Waals surface area contributed by atoms with Crippen LogP contribution in [0.4, 0.5) is 0 Å². The first-order chi connectivity index (χ1) is 8.01. The van der Waals surface area contributed by atoms with Crippen LogP contribution in [0.1, 0.15) is 30.2 Å². The average molecular weight is 239 g/mol. The van der Waals surface area contributed by atoms with E-state index in [-0.39, 0.29) is 0 Å². The highest BCUT2D eigenvalue weighted by atomic mass is 16.5. The van der Waals surface area contributed by atoms with Gasteiger partial charge in [0, 0.05) is 29.4 Å². The number of hydrogen-bond donors (Lipinski definition) is 2. The molecule has 17 heavy (non-hydrogen) atoms. The van der Waals surface area contributed by atoms with Gasteiger partial charge in [-0.15, -0.1) is 0 Å². The molecule has 4 nitrogen and oxygen atoms in total. The molecule has 1 aromatic heterocycles. The average Bonchev–Trinajstić information content (AvgIpc) is 2.32. The molecule has 2 N–H and O–H groups in total. The molecule has 1 aromatic rings. The van der Waals surface area contributed by atoms with Gasteiger partial charge in [-0.2, -0.15) is 0 Å². The van der Waals surface area contributed by atoms with Gasteiger partial charge in [0.15, 0.2) is 0 Å². The lowest BCUT2D eigenvalue weighted by atomic mass is 10.0. The van der Waals surface area contributed by atoms with Crippen LogP contribution in [0.2, 0.25) is 0 Å². The summed E-state index contributed by atoms with van der Waals surface area (Å²) in [4.78, 5) is 4.29. The lowest BCUT2D eigenvalue weighted by Crippen LogP contribution is -2.28. The van der Waals surface area contributed by atoms with Crippen LogP contribution in [-0.2, 0) is 6.42 Å². The molecule has 1 rings (SSSR count). The first-order valence-electron chi connectivity index (χ1n) is 5.86. The molecule has 0 amide bonds. The van der Waals surface area contributed by atoms with Gasteiger partial charge in [-0.05, 0) is 20.3 Å². The van der Waals surface area contributed by atoms with Gasteiger partial charge in [-0.1, -0.05) is 6.92 Å². The molecule has 0 spiro atoms. The molecule has 0 radical (unpaired) electrons. The second-order valence-corrected chi connectivity index (χ2v) is 4.29. The lowest BCUT2D eigenvalue weighted by Gasteiger charge is -2.18. The minimum atomic E-state index is -0.779. The van der Waals surface area contributed by atoms with E-state index < -0.39 is 12.2 Å². The Bertz CT molecular complexity index is 379. The highest BCUT2D eigenvalue weighted by Crippen LogP contribution is 2.25. The minimum Gasteiger partial charge on any atom is -0.496 e. The molecule has 0 saturated carbocycles. The summed E-state index contributed by atoms with van der Waals surface area (Å²) in [6, 6.07) is 0. The molecule has 4 heteroatoms. The summed E-state index contributed by atoms with van der Waals surface area (Å²) in [5.41, 5.74) is 2.67. The van der Waals surface area contributed by atoms with E-state index in [0.29, 0.717) is 12.8 Å². The Hall–Kier alpha value is -1.13. The van der Waals surface area contributed by atoms with E-state index >= 15 is 0 Å². The molecule has 0 aliphatic heterocycles. The predicted octanol–water partition coefficient (Wildman–Crippen LogP) is 1.38. The van der Waals surface area contributed by atoms with Crippen molar-refractivity contribution in [2.24, 2.45) is 0 Å². The molecule has 1 heterocycles. The van der Waals surface area contributed by atoms with Crippen LogP contribution in [0.15, 0.2) is 6.20 Å². The van der Waals surface area contributed by atoms with Crippen molar-refractivity contribution in [1.82, 2.24) is 4.98 Å². The zero-order valence-corrected chi connectivity index (χ0v) is 10.9. The van der Waals surface area contributed by atoms with Crippen molar-refractivity contribution in [1.29, 1.82) is 0 Å². The van der Waals surface area contributed by atoms with Gasteiger partial charge in [-0.3, -0.25) is 4.98 Å². The van der Waals surface area contributed by atoms with Crippen molar-refractivity contribution in [3.63, 3.8) is 0 Å². The maximum Gasteiger partial charge on any atom is 0.128 e. The first kappa shape index (κ1) is 13.9. The highest BCUT2D eigenvalue weighted by Gasteiger charge is 2.18. The van der Waals surface area contributed by atoms with Crippen molar-refractivity contribution >= 4 is 0 Å². The standard InChI is InChI=1S/C13H21NO3/c1-5-11(15)12(16)6-10-9(3)13(17-4)8(2)7-14-10/h7,11-12,15-16H,5-6H2,1-4H3. The number of aryl methyl sites for hydroxylation is 1. The Kier molecular flexibility index (Phi) is 4.90. The molecule has 0 fully saturated rings. The topological polar surface area (TPSA) is 62.6 Å². The molecule has 2 unspecified atom stereocenters. The number of aliphatic hydroxyl groups is 2. The molecule has 0 bridgehead atoms. The van der Waals surface area contributed by atoms with Gasteiger partial charge in [0.25, 0.3) is 0 Å². The Morgan fingerprint density at radius 2 is 1.94 bits per heavy atom. The minimum absolute atomic E-state index is 0.345. The molecular formula is C13H21NO3. The fourth-order valence-corrected chi connectivity index (χ4v) is 1.88. The molecule has 0 aromatic carbocycles. The number of ether oxygens (including phenoxy) is 1. The summed E-state index contributed by atoms with van der Waals surface area (Å²) in [6.45, 7) is 5.68. The largest absolute Gasteiger partial charge is 0.496 e. The maximum absolute atomic E-state index is 9.80. The molecule has 0 aliphatic carbocycles. The maximum atomic E-state index is 9.80. The SMILES string of the molecule is CCC(O)C(O)Cc1ncc(C)c(OC)c1C. The van der Waals surface area contributed by atoms with E-state index in [9.17, 15) is 10.2 Å². The number of rotatable bonds is 5. The Morgan fingerprint density at radius 3 is 2.47 bits per heavy atom. The summed E-state index contributed by atoms with van der Waals surface area (Å²) in [5.74, 6) is 0.799. The Morgan fingerprint density at radius 1 is 1.29 bits per heavy atom. The monoisotopic (exact) mass is 239 g/mol. The number of aromatic nitrogens is 1. The summed E-state index contributed by atoms with van der Waals surface area (Å²) in [5, 5.41) is 19.3. The number of hydrogen-bond acceptors (Lipinski definition) is 4. The van der Waals surface area contributed by atoms with Crippen molar-refractivity contribution < 1.29 is 14.9 Å². The van der Waals surface area contributed by atoms with E-state index in [1.807, 2.05) is 20.8 Å². The normalized spacial score (nSPS) is 14.5. The molecule has 96 valence electrons. The van der Waals surface area contributed by atoms with Crippen LogP contribution < -0.4 is 4.74 Å². The zero-order chi connectivity index (χ0) is 13.0. The van der Waals surface area contributed by atoms with Crippen LogP contribution in [0.3, 0.4) is 0 Å². The number of aliphatic hydroxyl groups excluding tert-OH is 2. The van der Waals surface area contributed by atoms with Crippen molar-refractivity contribution in [2.75, 3.05) is 7.11 Å². The van der Waals surface area contributed by atoms with Gasteiger partial charge in [-0.25, -0.2) is 0 Å². The van der Waals surface area contributed by atoms with E-state index in [1.165, 1.54) is 0 Å². The van der Waals surface area contributed by atoms with Crippen molar-refractivity contribution in [3.05, 3.63) is 23.0 Å². The van der Waals surface area contributed by atoms with Gasteiger partial charge >= 0.3 is 0 Å². The molecule has 0 saturated heterocycles. The fraction of sp³-hybridized carbons (Fsp3) is 0.615. The second-order valence-electron chi connectivity index (χ2n) is 4.29. The lowest BCUT2D eigenvalue weighted by molar-refractivity contribution is 0.0175. The van der Waals surface area contributed by atoms with Gasteiger partial charge in [0.2, 0.25) is 0 Å². The summed E-state index contributed by atoms with van der Waals surface area (Å²) < 4.78 is 5.30. The van der Waals surface area contributed by atoms with Crippen LogP contribution in [0, 0.1) is 13.8 Å². The van der Waals surface area contributed by atoms with E-state index in [0.717, 1.165) is 22.6 Å². The van der Waals surface area contributed by atoms with Crippen LogP contribution in [0.25, 0.3) is 0 Å². The third kappa shape index (κ3) is 3.17. The van der Waals surface area contributed by atoms with E-state index in [4.69, 9.17) is 4.74 Å². The van der Waals surface area contributed by atoms with Crippen molar-refractivity contribution in [3.8, 4) is 5.75 Å². The van der Waals surface area contributed by atoms with Crippen LogP contribution >= 0.6 is 0 Å². The predicted molar refractivity (Wildman–Crippen MR) is 66.3 cm³/mol. The number of methoxy groups -OCH3 is 1. The summed E-state index contributed by atoms with van der Waals surface area (Å²) >= 11 is 0. The Balaban J connectivity index is 2.92.